The van der Waals surface area contributed by atoms with Crippen molar-refractivity contribution in [1.82, 2.24) is 0 Å². The fourth-order valence-electron chi connectivity index (χ4n) is 1.38. The highest BCUT2D eigenvalue weighted by molar-refractivity contribution is 4.75. The van der Waals surface area contributed by atoms with Crippen molar-refractivity contribution in [2.75, 3.05) is 0 Å². The summed E-state index contributed by atoms with van der Waals surface area (Å²) in [5.41, 5.74) is -0.814. The summed E-state index contributed by atoms with van der Waals surface area (Å²) < 4.78 is 0. The SMILES string of the molecule is CCCCC(OOC(C)(C)CC)C1(OOC(C)(C)CC)OO1. The molecule has 0 aromatic rings. The van der Waals surface area contributed by atoms with E-state index in [0.29, 0.717) is 6.42 Å². The van der Waals surface area contributed by atoms with Crippen LogP contribution in [0.4, 0.5) is 0 Å². The van der Waals surface area contributed by atoms with Gasteiger partial charge >= 0.3 is 5.97 Å². The summed E-state index contributed by atoms with van der Waals surface area (Å²) in [7, 11) is 0. The lowest BCUT2D eigenvalue weighted by molar-refractivity contribution is -0.465. The predicted molar refractivity (Wildman–Crippen MR) is 81.3 cm³/mol. The van der Waals surface area contributed by atoms with Crippen LogP contribution in [0.15, 0.2) is 0 Å². The molecule has 0 saturated carbocycles. The van der Waals surface area contributed by atoms with E-state index in [1.807, 2.05) is 41.5 Å². The molecular formula is C16H32O6. The molecular weight excluding hydrogens is 288 g/mol. The third-order valence-corrected chi connectivity index (χ3v) is 3.94. The molecule has 0 amide bonds. The van der Waals surface area contributed by atoms with Gasteiger partial charge in [0.1, 0.15) is 0 Å². The quantitative estimate of drug-likeness (QED) is 0.301. The average molecular weight is 320 g/mol. The van der Waals surface area contributed by atoms with Crippen molar-refractivity contribution in [2.24, 2.45) is 0 Å². The summed E-state index contributed by atoms with van der Waals surface area (Å²) in [6, 6.07) is 0. The Morgan fingerprint density at radius 1 is 0.909 bits per heavy atom. The van der Waals surface area contributed by atoms with Gasteiger partial charge in [0.05, 0.1) is 11.2 Å². The molecule has 1 heterocycles. The van der Waals surface area contributed by atoms with Gasteiger partial charge in [0, 0.05) is 0 Å². The zero-order chi connectivity index (χ0) is 16.9. The second kappa shape index (κ2) is 8.04. The molecule has 1 fully saturated rings. The Balaban J connectivity index is 2.61. The summed E-state index contributed by atoms with van der Waals surface area (Å²) >= 11 is 0. The van der Waals surface area contributed by atoms with E-state index in [4.69, 9.17) is 29.3 Å². The fourth-order valence-corrected chi connectivity index (χ4v) is 1.38. The molecule has 0 N–H and O–H groups in total. The van der Waals surface area contributed by atoms with Gasteiger partial charge in [0.2, 0.25) is 0 Å². The van der Waals surface area contributed by atoms with E-state index in [-0.39, 0.29) is 5.60 Å². The topological polar surface area (TPSA) is 62.0 Å². The van der Waals surface area contributed by atoms with Crippen LogP contribution in [0.25, 0.3) is 0 Å². The smallest absolute Gasteiger partial charge is 0.230 e. The summed E-state index contributed by atoms with van der Waals surface area (Å²) in [5.74, 6) is -1.33. The minimum Gasteiger partial charge on any atom is -0.230 e. The molecule has 0 radical (unpaired) electrons. The first kappa shape index (κ1) is 19.8. The molecule has 1 rings (SSSR count). The second-order valence-corrected chi connectivity index (χ2v) is 6.97. The van der Waals surface area contributed by atoms with Crippen molar-refractivity contribution in [3.8, 4) is 0 Å². The van der Waals surface area contributed by atoms with Crippen molar-refractivity contribution in [3.05, 3.63) is 0 Å². The molecule has 6 nitrogen and oxygen atoms in total. The standard InChI is InChI=1S/C16H32O6/c1-8-11-12-13(17-18-14(4,5)9-2)16(21-22-16)20-19-15(6,7)10-3/h13H,8-12H2,1-7H3. The van der Waals surface area contributed by atoms with Gasteiger partial charge in [-0.3, -0.25) is 0 Å². The molecule has 0 bridgehead atoms. The van der Waals surface area contributed by atoms with Crippen molar-refractivity contribution in [1.29, 1.82) is 0 Å². The van der Waals surface area contributed by atoms with Crippen LogP contribution in [0, 0.1) is 0 Å². The molecule has 0 aromatic heterocycles. The second-order valence-electron chi connectivity index (χ2n) is 6.97. The molecule has 22 heavy (non-hydrogen) atoms. The van der Waals surface area contributed by atoms with Gasteiger partial charge < -0.3 is 0 Å². The highest BCUT2D eigenvalue weighted by Crippen LogP contribution is 2.40. The van der Waals surface area contributed by atoms with E-state index in [0.717, 1.165) is 25.7 Å². The Kier molecular flexibility index (Phi) is 7.23. The first-order chi connectivity index (χ1) is 10.2. The highest BCUT2D eigenvalue weighted by Gasteiger charge is 2.62. The van der Waals surface area contributed by atoms with Crippen molar-refractivity contribution >= 4 is 0 Å². The summed E-state index contributed by atoms with van der Waals surface area (Å²) in [6.07, 6.45) is 3.76. The minimum absolute atomic E-state index is 0.385. The van der Waals surface area contributed by atoms with Crippen molar-refractivity contribution < 1.29 is 29.3 Å². The first-order valence-electron chi connectivity index (χ1n) is 8.28. The average Bonchev–Trinajstić information content (AvgIpc) is 3.26. The maximum atomic E-state index is 5.57. The van der Waals surface area contributed by atoms with Gasteiger partial charge in [0.15, 0.2) is 6.10 Å². The Morgan fingerprint density at radius 3 is 1.91 bits per heavy atom. The Bertz CT molecular complexity index is 325. The van der Waals surface area contributed by atoms with Crippen LogP contribution in [0.5, 0.6) is 0 Å². The van der Waals surface area contributed by atoms with E-state index >= 15 is 0 Å². The molecule has 1 saturated heterocycles. The minimum atomic E-state index is -1.33. The van der Waals surface area contributed by atoms with E-state index < -0.39 is 17.7 Å². The molecule has 1 aliphatic rings. The predicted octanol–water partition coefficient (Wildman–Crippen LogP) is 4.43. The zero-order valence-electron chi connectivity index (χ0n) is 15.1. The maximum Gasteiger partial charge on any atom is 0.394 e. The van der Waals surface area contributed by atoms with Crippen LogP contribution in [0.3, 0.4) is 0 Å². The maximum absolute atomic E-state index is 5.57. The number of hydrogen-bond donors (Lipinski definition) is 0. The van der Waals surface area contributed by atoms with Gasteiger partial charge in [-0.2, -0.15) is 14.7 Å². The number of rotatable bonds is 12. The van der Waals surface area contributed by atoms with E-state index in [1.165, 1.54) is 0 Å². The van der Waals surface area contributed by atoms with Gasteiger partial charge in [-0.25, -0.2) is 14.7 Å². The molecule has 1 aliphatic heterocycles. The molecule has 6 heteroatoms. The summed E-state index contributed by atoms with van der Waals surface area (Å²) in [4.78, 5) is 32.0. The molecule has 0 aromatic carbocycles. The molecule has 1 unspecified atom stereocenters. The van der Waals surface area contributed by atoms with Crippen LogP contribution in [0.1, 0.15) is 80.6 Å². The third-order valence-electron chi connectivity index (χ3n) is 3.94. The lowest BCUT2D eigenvalue weighted by atomic mass is 10.1. The van der Waals surface area contributed by atoms with Gasteiger partial charge in [-0.15, -0.1) is 0 Å². The third kappa shape index (κ3) is 6.10. The van der Waals surface area contributed by atoms with Gasteiger partial charge in [0.25, 0.3) is 0 Å². The Labute approximate surface area is 134 Å². The number of unbranched alkanes of at least 4 members (excludes halogenated alkanes) is 1. The molecule has 132 valence electrons. The molecule has 0 spiro atoms. The van der Waals surface area contributed by atoms with E-state index in [1.54, 1.807) is 0 Å². The number of hydrogen-bond acceptors (Lipinski definition) is 6. The monoisotopic (exact) mass is 320 g/mol. The lowest BCUT2D eigenvalue weighted by Crippen LogP contribution is -2.40. The van der Waals surface area contributed by atoms with Crippen molar-refractivity contribution in [3.63, 3.8) is 0 Å². The largest absolute Gasteiger partial charge is 0.394 e. The normalized spacial score (nSPS) is 19.2. The lowest BCUT2D eigenvalue weighted by Gasteiger charge is -2.28. The van der Waals surface area contributed by atoms with E-state index in [9.17, 15) is 0 Å². The van der Waals surface area contributed by atoms with Crippen LogP contribution in [-0.2, 0) is 29.3 Å². The van der Waals surface area contributed by atoms with Crippen LogP contribution in [-0.4, -0.2) is 23.3 Å². The first-order valence-corrected chi connectivity index (χ1v) is 8.28. The van der Waals surface area contributed by atoms with Crippen LogP contribution >= 0.6 is 0 Å². The summed E-state index contributed by atoms with van der Waals surface area (Å²) in [6.45, 7) is 13.9. The molecule has 0 aliphatic carbocycles. The van der Waals surface area contributed by atoms with Gasteiger partial charge in [-0.05, 0) is 47.0 Å². The Morgan fingerprint density at radius 2 is 1.45 bits per heavy atom. The van der Waals surface area contributed by atoms with Gasteiger partial charge in [-0.1, -0.05) is 33.6 Å². The zero-order valence-corrected chi connectivity index (χ0v) is 15.1. The van der Waals surface area contributed by atoms with E-state index in [2.05, 4.69) is 6.92 Å². The fraction of sp³-hybridized carbons (Fsp3) is 1.00. The van der Waals surface area contributed by atoms with Crippen LogP contribution in [0.2, 0.25) is 0 Å². The van der Waals surface area contributed by atoms with Crippen LogP contribution < -0.4 is 0 Å². The van der Waals surface area contributed by atoms with Crippen molar-refractivity contribution in [2.45, 2.75) is 104 Å². The molecule has 1 atom stereocenters. The highest BCUT2D eigenvalue weighted by atomic mass is 17.5. The summed E-state index contributed by atoms with van der Waals surface area (Å²) in [5, 5.41) is 0. The Hall–Kier alpha value is -0.240.